The predicted octanol–water partition coefficient (Wildman–Crippen LogP) is 4.59. The van der Waals surface area contributed by atoms with Gasteiger partial charge in [-0.25, -0.2) is 0 Å². The molecule has 0 bridgehead atoms. The highest BCUT2D eigenvalue weighted by Gasteiger charge is 2.05. The molecule has 106 valence electrons. The molecule has 1 atom stereocenters. The van der Waals surface area contributed by atoms with Crippen molar-refractivity contribution >= 4 is 0 Å². The molecule has 2 aromatic rings. The van der Waals surface area contributed by atoms with E-state index >= 15 is 0 Å². The van der Waals surface area contributed by atoms with Crippen LogP contribution in [0.25, 0.3) is 0 Å². The van der Waals surface area contributed by atoms with Gasteiger partial charge in [0.2, 0.25) is 0 Å². The summed E-state index contributed by atoms with van der Waals surface area (Å²) in [6, 6.07) is 17.9. The number of rotatable bonds is 6. The summed E-state index contributed by atoms with van der Waals surface area (Å²) >= 11 is 0. The Balaban J connectivity index is 1.77. The molecular weight excluding hydrogens is 242 g/mol. The van der Waals surface area contributed by atoms with E-state index in [9.17, 15) is 0 Å². The van der Waals surface area contributed by atoms with Crippen LogP contribution in [0.2, 0.25) is 0 Å². The van der Waals surface area contributed by atoms with Gasteiger partial charge in [0.1, 0.15) is 0 Å². The fraction of sp³-hybridized carbons (Fsp3) is 0.368. The molecular formula is C19H25N. The Morgan fingerprint density at radius 1 is 0.950 bits per heavy atom. The molecule has 0 amide bonds. The molecule has 0 saturated carbocycles. The molecule has 0 aliphatic carbocycles. The van der Waals surface area contributed by atoms with Gasteiger partial charge in [0.25, 0.3) is 0 Å². The SMILES string of the molecule is Cc1ccc(C(C)NCCCc2ccccc2)cc1C. The zero-order chi connectivity index (χ0) is 14.4. The molecule has 1 unspecified atom stereocenters. The first-order chi connectivity index (χ1) is 9.66. The summed E-state index contributed by atoms with van der Waals surface area (Å²) in [5.41, 5.74) is 5.55. The van der Waals surface area contributed by atoms with Gasteiger partial charge in [-0.15, -0.1) is 0 Å². The van der Waals surface area contributed by atoms with Crippen LogP contribution in [-0.4, -0.2) is 6.54 Å². The first kappa shape index (κ1) is 14.8. The maximum absolute atomic E-state index is 3.62. The highest BCUT2D eigenvalue weighted by Crippen LogP contribution is 2.16. The van der Waals surface area contributed by atoms with Crippen molar-refractivity contribution in [2.24, 2.45) is 0 Å². The maximum atomic E-state index is 3.62. The molecule has 1 nitrogen and oxygen atoms in total. The first-order valence-electron chi connectivity index (χ1n) is 7.51. The minimum Gasteiger partial charge on any atom is -0.310 e. The fourth-order valence-electron chi connectivity index (χ4n) is 2.41. The average molecular weight is 267 g/mol. The van der Waals surface area contributed by atoms with Crippen LogP contribution < -0.4 is 5.32 Å². The summed E-state index contributed by atoms with van der Waals surface area (Å²) in [4.78, 5) is 0. The fourth-order valence-corrected chi connectivity index (χ4v) is 2.41. The third-order valence-electron chi connectivity index (χ3n) is 3.97. The topological polar surface area (TPSA) is 12.0 Å². The zero-order valence-electron chi connectivity index (χ0n) is 12.8. The molecule has 0 heterocycles. The minimum absolute atomic E-state index is 0.421. The third-order valence-corrected chi connectivity index (χ3v) is 3.97. The van der Waals surface area contributed by atoms with Gasteiger partial charge in [0, 0.05) is 6.04 Å². The van der Waals surface area contributed by atoms with Gasteiger partial charge in [-0.3, -0.25) is 0 Å². The van der Waals surface area contributed by atoms with Gasteiger partial charge in [-0.1, -0.05) is 48.5 Å². The quantitative estimate of drug-likeness (QED) is 0.755. The molecule has 1 N–H and O–H groups in total. The molecule has 0 aliphatic rings. The first-order valence-corrected chi connectivity index (χ1v) is 7.51. The molecule has 0 spiro atoms. The highest BCUT2D eigenvalue weighted by atomic mass is 14.9. The van der Waals surface area contributed by atoms with Gasteiger partial charge >= 0.3 is 0 Å². The van der Waals surface area contributed by atoms with Crippen molar-refractivity contribution in [1.82, 2.24) is 5.32 Å². The molecule has 0 aliphatic heterocycles. The van der Waals surface area contributed by atoms with Crippen LogP contribution in [0.3, 0.4) is 0 Å². The largest absolute Gasteiger partial charge is 0.310 e. The number of aryl methyl sites for hydroxylation is 3. The molecule has 1 heteroatoms. The smallest absolute Gasteiger partial charge is 0.0291 e. The highest BCUT2D eigenvalue weighted by molar-refractivity contribution is 5.31. The van der Waals surface area contributed by atoms with E-state index in [1.54, 1.807) is 0 Å². The van der Waals surface area contributed by atoms with Crippen molar-refractivity contribution in [3.63, 3.8) is 0 Å². The van der Waals surface area contributed by atoms with Gasteiger partial charge < -0.3 is 5.32 Å². The number of hydrogen-bond acceptors (Lipinski definition) is 1. The lowest BCUT2D eigenvalue weighted by atomic mass is 10.0. The van der Waals surface area contributed by atoms with Crippen molar-refractivity contribution in [2.75, 3.05) is 6.54 Å². The lowest BCUT2D eigenvalue weighted by molar-refractivity contribution is 0.558. The van der Waals surface area contributed by atoms with Crippen LogP contribution in [0.15, 0.2) is 48.5 Å². The molecule has 2 aromatic carbocycles. The lowest BCUT2D eigenvalue weighted by Gasteiger charge is -2.15. The third kappa shape index (κ3) is 4.21. The number of nitrogens with one attached hydrogen (secondary N) is 1. The van der Waals surface area contributed by atoms with Gasteiger partial charge in [-0.05, 0) is 62.4 Å². The maximum Gasteiger partial charge on any atom is 0.0291 e. The van der Waals surface area contributed by atoms with E-state index in [1.807, 2.05) is 0 Å². The van der Waals surface area contributed by atoms with E-state index < -0.39 is 0 Å². The number of benzene rings is 2. The van der Waals surface area contributed by atoms with Crippen molar-refractivity contribution in [1.29, 1.82) is 0 Å². The molecule has 0 aromatic heterocycles. The van der Waals surface area contributed by atoms with Crippen molar-refractivity contribution in [3.05, 3.63) is 70.8 Å². The van der Waals surface area contributed by atoms with E-state index in [0.717, 1.165) is 13.0 Å². The molecule has 0 fully saturated rings. The van der Waals surface area contributed by atoms with Crippen LogP contribution in [0.1, 0.15) is 41.6 Å². The van der Waals surface area contributed by atoms with Crippen LogP contribution in [0, 0.1) is 13.8 Å². The second-order valence-electron chi connectivity index (χ2n) is 5.61. The molecule has 20 heavy (non-hydrogen) atoms. The van der Waals surface area contributed by atoms with E-state index in [-0.39, 0.29) is 0 Å². The van der Waals surface area contributed by atoms with Crippen molar-refractivity contribution in [3.8, 4) is 0 Å². The Labute approximate surface area is 123 Å². The molecule has 0 radical (unpaired) electrons. The normalized spacial score (nSPS) is 12.3. The summed E-state index contributed by atoms with van der Waals surface area (Å²) in [6.07, 6.45) is 2.33. The van der Waals surface area contributed by atoms with Crippen LogP contribution in [-0.2, 0) is 6.42 Å². The van der Waals surface area contributed by atoms with Crippen molar-refractivity contribution in [2.45, 2.75) is 39.7 Å². The van der Waals surface area contributed by atoms with Crippen molar-refractivity contribution < 1.29 is 0 Å². The molecule has 2 rings (SSSR count). The summed E-state index contributed by atoms with van der Waals surface area (Å²) < 4.78 is 0. The lowest BCUT2D eigenvalue weighted by Crippen LogP contribution is -2.20. The average Bonchev–Trinajstić information content (AvgIpc) is 2.47. The minimum atomic E-state index is 0.421. The van der Waals surface area contributed by atoms with Gasteiger partial charge in [0.05, 0.1) is 0 Å². The Bertz CT molecular complexity index is 531. The standard InChI is InChI=1S/C19H25N/c1-15-11-12-19(14-16(15)2)17(3)20-13-7-10-18-8-5-4-6-9-18/h4-6,8-9,11-12,14,17,20H,7,10,13H2,1-3H3. The number of hydrogen-bond donors (Lipinski definition) is 1. The zero-order valence-corrected chi connectivity index (χ0v) is 12.8. The second kappa shape index (κ2) is 7.25. The van der Waals surface area contributed by atoms with Gasteiger partial charge in [-0.2, -0.15) is 0 Å². The summed E-state index contributed by atoms with van der Waals surface area (Å²) in [7, 11) is 0. The Hall–Kier alpha value is -1.60. The Kier molecular flexibility index (Phi) is 5.37. The van der Waals surface area contributed by atoms with E-state index in [2.05, 4.69) is 74.6 Å². The summed E-state index contributed by atoms with van der Waals surface area (Å²) in [5, 5.41) is 3.62. The Morgan fingerprint density at radius 2 is 1.70 bits per heavy atom. The van der Waals surface area contributed by atoms with Gasteiger partial charge in [0.15, 0.2) is 0 Å². The van der Waals surface area contributed by atoms with E-state index in [4.69, 9.17) is 0 Å². The summed E-state index contributed by atoms with van der Waals surface area (Å²) in [6.45, 7) is 7.65. The monoisotopic (exact) mass is 267 g/mol. The van der Waals surface area contributed by atoms with Crippen LogP contribution >= 0.6 is 0 Å². The second-order valence-corrected chi connectivity index (χ2v) is 5.61. The van der Waals surface area contributed by atoms with E-state index in [0.29, 0.717) is 6.04 Å². The predicted molar refractivity (Wildman–Crippen MR) is 87.1 cm³/mol. The summed E-state index contributed by atoms with van der Waals surface area (Å²) in [5.74, 6) is 0. The van der Waals surface area contributed by atoms with Crippen LogP contribution in [0.5, 0.6) is 0 Å². The Morgan fingerprint density at radius 3 is 2.40 bits per heavy atom. The molecule has 0 saturated heterocycles. The van der Waals surface area contributed by atoms with E-state index in [1.165, 1.54) is 28.7 Å². The van der Waals surface area contributed by atoms with Crippen LogP contribution in [0.4, 0.5) is 0 Å².